The Morgan fingerprint density at radius 1 is 1.11 bits per heavy atom. The smallest absolute Gasteiger partial charge is 0.223 e. The number of anilines is 3. The van der Waals surface area contributed by atoms with Crippen molar-refractivity contribution < 1.29 is 9.13 Å². The minimum absolute atomic E-state index is 0.222. The van der Waals surface area contributed by atoms with Crippen LogP contribution < -0.4 is 10.6 Å². The van der Waals surface area contributed by atoms with E-state index in [9.17, 15) is 4.39 Å². The number of aromatic nitrogens is 3. The summed E-state index contributed by atoms with van der Waals surface area (Å²) in [6, 6.07) is 11.9. The maximum Gasteiger partial charge on any atom is 0.223 e. The summed E-state index contributed by atoms with van der Waals surface area (Å²) in [5.74, 6) is 0.888. The summed E-state index contributed by atoms with van der Waals surface area (Å²) in [5, 5.41) is 6.34. The predicted octanol–water partition coefficient (Wildman–Crippen LogP) is 4.01. The molecule has 3 heterocycles. The molecule has 2 N–H and O–H groups in total. The van der Waals surface area contributed by atoms with Gasteiger partial charge in [-0.2, -0.15) is 0 Å². The van der Waals surface area contributed by atoms with Crippen molar-refractivity contribution in [2.45, 2.75) is 18.9 Å². The summed E-state index contributed by atoms with van der Waals surface area (Å²) < 4.78 is 19.0. The quantitative estimate of drug-likeness (QED) is 0.688. The Labute approximate surface area is 156 Å². The van der Waals surface area contributed by atoms with E-state index in [2.05, 4.69) is 25.6 Å². The van der Waals surface area contributed by atoms with Gasteiger partial charge in [-0.1, -0.05) is 6.07 Å². The van der Waals surface area contributed by atoms with Crippen LogP contribution in [0.5, 0.6) is 0 Å². The molecule has 138 valence electrons. The molecule has 2 aromatic heterocycles. The number of benzene rings is 1. The van der Waals surface area contributed by atoms with Gasteiger partial charge in [0.1, 0.15) is 11.6 Å². The molecule has 0 bridgehead atoms. The van der Waals surface area contributed by atoms with E-state index in [1.807, 2.05) is 18.2 Å². The lowest BCUT2D eigenvalue weighted by atomic mass is 10.2. The molecule has 6 nitrogen and oxygen atoms in total. The van der Waals surface area contributed by atoms with E-state index in [1.54, 1.807) is 24.5 Å². The Morgan fingerprint density at radius 3 is 2.89 bits per heavy atom. The van der Waals surface area contributed by atoms with Gasteiger partial charge in [-0.05, 0) is 49.2 Å². The van der Waals surface area contributed by atoms with E-state index < -0.39 is 0 Å². The number of hydrogen-bond acceptors (Lipinski definition) is 6. The van der Waals surface area contributed by atoms with Crippen molar-refractivity contribution in [1.82, 2.24) is 15.0 Å². The molecule has 1 atom stereocenters. The molecule has 27 heavy (non-hydrogen) atoms. The van der Waals surface area contributed by atoms with Crippen molar-refractivity contribution in [3.63, 3.8) is 0 Å². The Hall–Kier alpha value is -3.06. The van der Waals surface area contributed by atoms with Crippen molar-refractivity contribution >= 4 is 17.5 Å². The van der Waals surface area contributed by atoms with E-state index in [4.69, 9.17) is 4.74 Å². The van der Waals surface area contributed by atoms with Crippen molar-refractivity contribution in [2.24, 2.45) is 0 Å². The summed E-state index contributed by atoms with van der Waals surface area (Å²) in [5.41, 5.74) is 2.32. The summed E-state index contributed by atoms with van der Waals surface area (Å²) >= 11 is 0. The van der Waals surface area contributed by atoms with Crippen LogP contribution in [0.4, 0.5) is 21.8 Å². The second kappa shape index (κ2) is 8.09. The van der Waals surface area contributed by atoms with E-state index in [0.29, 0.717) is 24.0 Å². The molecule has 7 heteroatoms. The molecule has 1 aliphatic rings. The Bertz CT molecular complexity index is 914. The predicted molar refractivity (Wildman–Crippen MR) is 102 cm³/mol. The average Bonchev–Trinajstić information content (AvgIpc) is 3.21. The van der Waals surface area contributed by atoms with Gasteiger partial charge in [0, 0.05) is 36.8 Å². The van der Waals surface area contributed by atoms with Crippen LogP contribution in [0.1, 0.15) is 12.8 Å². The monoisotopic (exact) mass is 365 g/mol. The van der Waals surface area contributed by atoms with Crippen molar-refractivity contribution in [3.8, 4) is 11.3 Å². The van der Waals surface area contributed by atoms with Crippen LogP contribution in [-0.4, -0.2) is 34.2 Å². The van der Waals surface area contributed by atoms with Gasteiger partial charge in [0.25, 0.3) is 0 Å². The summed E-state index contributed by atoms with van der Waals surface area (Å²) in [4.78, 5) is 13.1. The first-order chi connectivity index (χ1) is 13.3. The third kappa shape index (κ3) is 4.57. The maximum absolute atomic E-state index is 13.3. The third-order valence-electron chi connectivity index (χ3n) is 4.32. The average molecular weight is 365 g/mol. The second-order valence-corrected chi connectivity index (χ2v) is 6.35. The zero-order valence-corrected chi connectivity index (χ0v) is 14.7. The maximum atomic E-state index is 13.3. The van der Waals surface area contributed by atoms with Gasteiger partial charge in [0.15, 0.2) is 0 Å². The zero-order valence-electron chi connectivity index (χ0n) is 14.7. The van der Waals surface area contributed by atoms with Gasteiger partial charge < -0.3 is 15.4 Å². The number of hydrogen-bond donors (Lipinski definition) is 2. The van der Waals surface area contributed by atoms with Gasteiger partial charge >= 0.3 is 0 Å². The SMILES string of the molecule is Fc1cccc(Nc2cc(-c3ccnc(NCC4CCCO4)n3)ccn2)c1. The van der Waals surface area contributed by atoms with Crippen LogP contribution >= 0.6 is 0 Å². The molecule has 0 aliphatic carbocycles. The zero-order chi connectivity index (χ0) is 18.5. The minimum atomic E-state index is -0.297. The summed E-state index contributed by atoms with van der Waals surface area (Å²) in [6.07, 6.45) is 5.80. The number of pyridine rings is 1. The highest BCUT2D eigenvalue weighted by Gasteiger charge is 2.15. The minimum Gasteiger partial charge on any atom is -0.376 e. The van der Waals surface area contributed by atoms with E-state index >= 15 is 0 Å². The first-order valence-electron chi connectivity index (χ1n) is 8.94. The van der Waals surface area contributed by atoms with Crippen LogP contribution in [0, 0.1) is 5.82 Å². The van der Waals surface area contributed by atoms with Crippen LogP contribution in [-0.2, 0) is 4.74 Å². The van der Waals surface area contributed by atoms with E-state index in [-0.39, 0.29) is 11.9 Å². The molecule has 0 spiro atoms. The molecule has 4 rings (SSSR count). The van der Waals surface area contributed by atoms with Gasteiger partial charge in [0.2, 0.25) is 5.95 Å². The van der Waals surface area contributed by atoms with Gasteiger partial charge in [-0.15, -0.1) is 0 Å². The second-order valence-electron chi connectivity index (χ2n) is 6.35. The lowest BCUT2D eigenvalue weighted by Crippen LogP contribution is -2.19. The van der Waals surface area contributed by atoms with Crippen LogP contribution in [0.25, 0.3) is 11.3 Å². The standard InChI is InChI=1S/C20H20FN5O/c21-15-3-1-4-16(12-15)25-19-11-14(6-8-22-19)18-7-9-23-20(26-18)24-13-17-5-2-10-27-17/h1,3-4,6-9,11-12,17H,2,5,10,13H2,(H,22,25)(H,23,24,26). The number of rotatable bonds is 6. The molecular formula is C20H20FN5O. The largest absolute Gasteiger partial charge is 0.376 e. The molecule has 1 aliphatic heterocycles. The molecule has 3 aromatic rings. The number of ether oxygens (including phenoxy) is 1. The van der Waals surface area contributed by atoms with Crippen molar-refractivity contribution in [1.29, 1.82) is 0 Å². The normalized spacial score (nSPS) is 16.3. The van der Waals surface area contributed by atoms with Crippen molar-refractivity contribution in [2.75, 3.05) is 23.8 Å². The molecule has 1 saturated heterocycles. The molecule has 1 aromatic carbocycles. The highest BCUT2D eigenvalue weighted by molar-refractivity contribution is 5.66. The van der Waals surface area contributed by atoms with Gasteiger partial charge in [-0.25, -0.2) is 19.3 Å². The van der Waals surface area contributed by atoms with E-state index in [1.165, 1.54) is 12.1 Å². The highest BCUT2D eigenvalue weighted by atomic mass is 19.1. The Morgan fingerprint density at radius 2 is 2.04 bits per heavy atom. The summed E-state index contributed by atoms with van der Waals surface area (Å²) in [6.45, 7) is 1.53. The van der Waals surface area contributed by atoms with E-state index in [0.717, 1.165) is 30.7 Å². The lowest BCUT2D eigenvalue weighted by Gasteiger charge is -2.11. The number of nitrogens with zero attached hydrogens (tertiary/aromatic N) is 3. The molecule has 0 saturated carbocycles. The molecule has 1 fully saturated rings. The number of nitrogens with one attached hydrogen (secondary N) is 2. The van der Waals surface area contributed by atoms with Gasteiger partial charge in [0.05, 0.1) is 11.8 Å². The lowest BCUT2D eigenvalue weighted by molar-refractivity contribution is 0.120. The first-order valence-corrected chi connectivity index (χ1v) is 8.94. The van der Waals surface area contributed by atoms with Crippen molar-refractivity contribution in [3.05, 3.63) is 60.7 Å². The van der Waals surface area contributed by atoms with Crippen LogP contribution in [0.3, 0.4) is 0 Å². The van der Waals surface area contributed by atoms with Gasteiger partial charge in [-0.3, -0.25) is 0 Å². The molecule has 0 radical (unpaired) electrons. The highest BCUT2D eigenvalue weighted by Crippen LogP contribution is 2.22. The van der Waals surface area contributed by atoms with Crippen LogP contribution in [0.15, 0.2) is 54.9 Å². The fourth-order valence-electron chi connectivity index (χ4n) is 2.99. The first kappa shape index (κ1) is 17.4. The molecule has 0 amide bonds. The van der Waals surface area contributed by atoms with Crippen LogP contribution in [0.2, 0.25) is 0 Å². The third-order valence-corrected chi connectivity index (χ3v) is 4.32. The molecule has 1 unspecified atom stereocenters. The topological polar surface area (TPSA) is 72.0 Å². The Kier molecular flexibility index (Phi) is 5.20. The Balaban J connectivity index is 1.48. The summed E-state index contributed by atoms with van der Waals surface area (Å²) in [7, 11) is 0. The molecular weight excluding hydrogens is 345 g/mol. The fourth-order valence-corrected chi connectivity index (χ4v) is 2.99. The fraction of sp³-hybridized carbons (Fsp3) is 0.250. The number of halogens is 1.